The van der Waals surface area contributed by atoms with Gasteiger partial charge in [-0.25, -0.2) is 9.97 Å². The first-order valence-corrected chi connectivity index (χ1v) is 10.5. The third kappa shape index (κ3) is 5.55. The van der Waals surface area contributed by atoms with Crippen molar-refractivity contribution in [2.24, 2.45) is 5.41 Å². The fraction of sp³-hybridized carbons (Fsp3) is 0.542. The number of amides is 1. The standard InChI is InChI=1S/C24H34N4O/c1-17-7-9-20(10-8-17)15-21-18(2)25-19(3)26-23(21)28-13-11-27(12-14-28)22(29)16-24(4,5)6/h7-10H,11-16H2,1-6H3. The molecule has 1 aromatic carbocycles. The van der Waals surface area contributed by atoms with Gasteiger partial charge in [-0.05, 0) is 31.7 Å². The van der Waals surface area contributed by atoms with Crippen LogP contribution < -0.4 is 4.90 Å². The van der Waals surface area contributed by atoms with E-state index in [0.29, 0.717) is 6.42 Å². The molecular weight excluding hydrogens is 360 g/mol. The van der Waals surface area contributed by atoms with Crippen molar-refractivity contribution in [2.75, 3.05) is 31.1 Å². The molecule has 1 aromatic heterocycles. The van der Waals surface area contributed by atoms with E-state index in [0.717, 1.165) is 49.9 Å². The molecular formula is C24H34N4O. The van der Waals surface area contributed by atoms with Crippen molar-refractivity contribution in [1.29, 1.82) is 0 Å². The van der Waals surface area contributed by atoms with Crippen molar-refractivity contribution >= 4 is 11.7 Å². The van der Waals surface area contributed by atoms with Gasteiger partial charge >= 0.3 is 0 Å². The van der Waals surface area contributed by atoms with Gasteiger partial charge in [0.05, 0.1) is 0 Å². The van der Waals surface area contributed by atoms with Crippen LogP contribution in [0.2, 0.25) is 0 Å². The molecule has 0 saturated carbocycles. The van der Waals surface area contributed by atoms with E-state index in [-0.39, 0.29) is 11.3 Å². The van der Waals surface area contributed by atoms with E-state index >= 15 is 0 Å². The number of anilines is 1. The number of hydrogen-bond acceptors (Lipinski definition) is 4. The second kappa shape index (κ2) is 8.52. The third-order valence-electron chi connectivity index (χ3n) is 5.42. The van der Waals surface area contributed by atoms with E-state index in [9.17, 15) is 4.79 Å². The number of carbonyl (C=O) groups is 1. The highest BCUT2D eigenvalue weighted by atomic mass is 16.2. The molecule has 0 bridgehead atoms. The van der Waals surface area contributed by atoms with Gasteiger partial charge in [-0.15, -0.1) is 0 Å². The summed E-state index contributed by atoms with van der Waals surface area (Å²) < 4.78 is 0. The van der Waals surface area contributed by atoms with Gasteiger partial charge in [0.15, 0.2) is 0 Å². The van der Waals surface area contributed by atoms with Crippen LogP contribution in [0.5, 0.6) is 0 Å². The molecule has 29 heavy (non-hydrogen) atoms. The van der Waals surface area contributed by atoms with Crippen molar-refractivity contribution in [3.63, 3.8) is 0 Å². The lowest BCUT2D eigenvalue weighted by Gasteiger charge is -2.37. The molecule has 0 spiro atoms. The molecule has 0 unspecified atom stereocenters. The van der Waals surface area contributed by atoms with Gasteiger partial charge in [-0.2, -0.15) is 0 Å². The highest BCUT2D eigenvalue weighted by Gasteiger charge is 2.27. The zero-order valence-electron chi connectivity index (χ0n) is 18.7. The number of carbonyl (C=O) groups excluding carboxylic acids is 1. The van der Waals surface area contributed by atoms with Crippen LogP contribution in [-0.2, 0) is 11.2 Å². The average Bonchev–Trinajstić information content (AvgIpc) is 2.64. The van der Waals surface area contributed by atoms with Crippen LogP contribution in [0.25, 0.3) is 0 Å². The van der Waals surface area contributed by atoms with E-state index in [2.05, 4.69) is 68.8 Å². The smallest absolute Gasteiger partial charge is 0.223 e. The molecule has 5 nitrogen and oxygen atoms in total. The van der Waals surface area contributed by atoms with E-state index in [4.69, 9.17) is 4.98 Å². The maximum atomic E-state index is 12.6. The molecule has 0 N–H and O–H groups in total. The molecule has 1 saturated heterocycles. The van der Waals surface area contributed by atoms with E-state index in [1.807, 2.05) is 11.8 Å². The summed E-state index contributed by atoms with van der Waals surface area (Å²) in [5.41, 5.74) is 4.79. The maximum absolute atomic E-state index is 12.6. The number of benzene rings is 1. The Kier molecular flexibility index (Phi) is 6.25. The van der Waals surface area contributed by atoms with E-state index in [1.165, 1.54) is 16.7 Å². The van der Waals surface area contributed by atoms with Crippen LogP contribution in [0.4, 0.5) is 5.82 Å². The summed E-state index contributed by atoms with van der Waals surface area (Å²) >= 11 is 0. The van der Waals surface area contributed by atoms with Gasteiger partial charge in [-0.1, -0.05) is 50.6 Å². The minimum absolute atomic E-state index is 0.0241. The Morgan fingerprint density at radius 2 is 1.59 bits per heavy atom. The summed E-state index contributed by atoms with van der Waals surface area (Å²) in [7, 11) is 0. The number of rotatable bonds is 4. The largest absolute Gasteiger partial charge is 0.353 e. The van der Waals surface area contributed by atoms with Crippen molar-refractivity contribution in [3.05, 3.63) is 52.5 Å². The Labute approximate surface area is 175 Å². The van der Waals surface area contributed by atoms with Crippen LogP contribution in [0.3, 0.4) is 0 Å². The Balaban J connectivity index is 1.77. The quantitative estimate of drug-likeness (QED) is 0.784. The van der Waals surface area contributed by atoms with Crippen molar-refractivity contribution in [1.82, 2.24) is 14.9 Å². The molecule has 1 amide bonds. The first kappa shape index (κ1) is 21.3. The van der Waals surface area contributed by atoms with Crippen LogP contribution in [0.15, 0.2) is 24.3 Å². The minimum Gasteiger partial charge on any atom is -0.353 e. The molecule has 156 valence electrons. The van der Waals surface area contributed by atoms with Gasteiger partial charge in [0.2, 0.25) is 5.91 Å². The zero-order chi connectivity index (χ0) is 21.2. The topological polar surface area (TPSA) is 49.3 Å². The van der Waals surface area contributed by atoms with Crippen molar-refractivity contribution in [2.45, 2.75) is 54.4 Å². The summed E-state index contributed by atoms with van der Waals surface area (Å²) in [4.78, 5) is 26.3. The van der Waals surface area contributed by atoms with Crippen molar-refractivity contribution < 1.29 is 4.79 Å². The predicted molar refractivity (Wildman–Crippen MR) is 118 cm³/mol. The highest BCUT2D eigenvalue weighted by molar-refractivity contribution is 5.77. The van der Waals surface area contributed by atoms with Crippen LogP contribution in [0, 0.1) is 26.2 Å². The summed E-state index contributed by atoms with van der Waals surface area (Å²) in [6.07, 6.45) is 1.42. The second-order valence-corrected chi connectivity index (χ2v) is 9.43. The molecule has 1 fully saturated rings. The fourth-order valence-corrected chi connectivity index (χ4v) is 3.83. The van der Waals surface area contributed by atoms with E-state index < -0.39 is 0 Å². The molecule has 0 radical (unpaired) electrons. The Bertz CT molecular complexity index is 860. The van der Waals surface area contributed by atoms with Crippen LogP contribution in [0.1, 0.15) is 55.4 Å². The number of aromatic nitrogens is 2. The Morgan fingerprint density at radius 1 is 0.966 bits per heavy atom. The maximum Gasteiger partial charge on any atom is 0.223 e. The zero-order valence-corrected chi connectivity index (χ0v) is 18.7. The molecule has 1 aliphatic heterocycles. The molecule has 0 atom stereocenters. The fourth-order valence-electron chi connectivity index (χ4n) is 3.83. The summed E-state index contributed by atoms with van der Waals surface area (Å²) in [5, 5.41) is 0. The highest BCUT2D eigenvalue weighted by Crippen LogP contribution is 2.26. The number of hydrogen-bond donors (Lipinski definition) is 0. The summed E-state index contributed by atoms with van der Waals surface area (Å²) in [5.74, 6) is 2.09. The second-order valence-electron chi connectivity index (χ2n) is 9.43. The number of piperazine rings is 1. The third-order valence-corrected chi connectivity index (χ3v) is 5.42. The lowest BCUT2D eigenvalue weighted by Crippen LogP contribution is -2.50. The monoisotopic (exact) mass is 394 g/mol. The number of nitrogens with zero attached hydrogens (tertiary/aromatic N) is 4. The lowest BCUT2D eigenvalue weighted by atomic mass is 9.91. The van der Waals surface area contributed by atoms with Gasteiger partial charge < -0.3 is 9.80 Å². The molecule has 2 heterocycles. The first-order chi connectivity index (χ1) is 13.6. The Hall–Kier alpha value is -2.43. The van der Waals surface area contributed by atoms with Gasteiger partial charge in [0, 0.05) is 50.3 Å². The average molecular weight is 395 g/mol. The number of aryl methyl sites for hydroxylation is 3. The van der Waals surface area contributed by atoms with Gasteiger partial charge in [-0.3, -0.25) is 4.79 Å². The summed E-state index contributed by atoms with van der Waals surface area (Å²) in [6, 6.07) is 8.67. The SMILES string of the molecule is Cc1ccc(Cc2c(C)nc(C)nc2N2CCN(C(=O)CC(C)(C)C)CC2)cc1. The minimum atomic E-state index is 0.0241. The molecule has 1 aliphatic rings. The van der Waals surface area contributed by atoms with Crippen LogP contribution >= 0.6 is 0 Å². The molecule has 2 aromatic rings. The molecule has 5 heteroatoms. The Morgan fingerprint density at radius 3 is 2.17 bits per heavy atom. The first-order valence-electron chi connectivity index (χ1n) is 10.5. The molecule has 3 rings (SSSR count). The molecule has 0 aliphatic carbocycles. The van der Waals surface area contributed by atoms with E-state index in [1.54, 1.807) is 0 Å². The lowest BCUT2D eigenvalue weighted by molar-refractivity contribution is -0.133. The predicted octanol–water partition coefficient (Wildman–Crippen LogP) is 4.08. The summed E-state index contributed by atoms with van der Waals surface area (Å²) in [6.45, 7) is 15.6. The van der Waals surface area contributed by atoms with Gasteiger partial charge in [0.25, 0.3) is 0 Å². The van der Waals surface area contributed by atoms with Crippen molar-refractivity contribution in [3.8, 4) is 0 Å². The normalized spacial score (nSPS) is 15.0. The van der Waals surface area contributed by atoms with Gasteiger partial charge in [0.1, 0.15) is 11.6 Å². The van der Waals surface area contributed by atoms with Crippen LogP contribution in [-0.4, -0.2) is 47.0 Å².